The molecule has 0 aromatic carbocycles. The number of hydrogen-bond acceptors (Lipinski definition) is 3. The van der Waals surface area contributed by atoms with Crippen LogP contribution < -0.4 is 5.32 Å². The first-order chi connectivity index (χ1) is 9.20. The van der Waals surface area contributed by atoms with E-state index < -0.39 is 0 Å². The lowest BCUT2D eigenvalue weighted by Crippen LogP contribution is -2.33. The van der Waals surface area contributed by atoms with Crippen molar-refractivity contribution in [3.8, 4) is 0 Å². The number of nitrogens with zero attached hydrogens (tertiary/aromatic N) is 2. The van der Waals surface area contributed by atoms with Crippen LogP contribution in [0.1, 0.15) is 30.5 Å². The van der Waals surface area contributed by atoms with Gasteiger partial charge in [0.05, 0.1) is 18.3 Å². The number of rotatable bonds is 7. The van der Waals surface area contributed by atoms with E-state index in [0.717, 1.165) is 37.4 Å². The summed E-state index contributed by atoms with van der Waals surface area (Å²) in [6.07, 6.45) is 5.70. The van der Waals surface area contributed by atoms with Gasteiger partial charge in [-0.15, -0.1) is 0 Å². The van der Waals surface area contributed by atoms with Gasteiger partial charge in [0.1, 0.15) is 5.76 Å². The molecule has 1 N–H and O–H groups in total. The summed E-state index contributed by atoms with van der Waals surface area (Å²) in [5.41, 5.74) is 2.36. The molecule has 0 radical (unpaired) electrons. The zero-order valence-corrected chi connectivity index (χ0v) is 12.0. The summed E-state index contributed by atoms with van der Waals surface area (Å²) in [7, 11) is 0. The van der Waals surface area contributed by atoms with Gasteiger partial charge in [-0.1, -0.05) is 6.92 Å². The molecule has 0 amide bonds. The van der Waals surface area contributed by atoms with Crippen LogP contribution in [-0.4, -0.2) is 22.1 Å². The van der Waals surface area contributed by atoms with Crippen molar-refractivity contribution in [2.24, 2.45) is 0 Å². The molecule has 2 rings (SSSR count). The molecule has 19 heavy (non-hydrogen) atoms. The van der Waals surface area contributed by atoms with Crippen molar-refractivity contribution in [3.63, 3.8) is 0 Å². The van der Waals surface area contributed by atoms with Crippen molar-refractivity contribution in [1.82, 2.24) is 14.9 Å². The molecule has 0 aliphatic heterocycles. The highest BCUT2D eigenvalue weighted by molar-refractivity contribution is 5.08. The zero-order valence-electron chi connectivity index (χ0n) is 12.0. The molecule has 0 saturated carbocycles. The van der Waals surface area contributed by atoms with Crippen LogP contribution in [0.4, 0.5) is 0 Å². The minimum Gasteiger partial charge on any atom is -0.469 e. The number of furan rings is 1. The lowest BCUT2D eigenvalue weighted by molar-refractivity contribution is 0.424. The molecule has 2 aromatic heterocycles. The molecule has 4 heteroatoms. The molecule has 0 fully saturated rings. The van der Waals surface area contributed by atoms with E-state index in [1.807, 2.05) is 25.4 Å². The van der Waals surface area contributed by atoms with Crippen LogP contribution >= 0.6 is 0 Å². The topological polar surface area (TPSA) is 43.0 Å². The van der Waals surface area contributed by atoms with E-state index in [1.54, 1.807) is 6.26 Å². The first kappa shape index (κ1) is 13.9. The maximum atomic E-state index is 5.40. The number of hydrogen-bond donors (Lipinski definition) is 1. The maximum absolute atomic E-state index is 5.40. The Labute approximate surface area is 114 Å². The van der Waals surface area contributed by atoms with Crippen LogP contribution in [0.25, 0.3) is 0 Å². The minimum absolute atomic E-state index is 0.469. The molecular formula is C15H23N3O. The molecule has 4 nitrogen and oxygen atoms in total. The van der Waals surface area contributed by atoms with E-state index in [1.165, 1.54) is 5.69 Å². The van der Waals surface area contributed by atoms with Gasteiger partial charge >= 0.3 is 0 Å². The summed E-state index contributed by atoms with van der Waals surface area (Å²) in [6, 6.07) is 4.45. The molecule has 0 aliphatic carbocycles. The summed E-state index contributed by atoms with van der Waals surface area (Å²) in [5.74, 6) is 1.05. The van der Waals surface area contributed by atoms with E-state index >= 15 is 0 Å². The SMILES string of the molecule is CCC(Cc1ccco1)NCCn1cnc(C)c1C. The molecule has 0 bridgehead atoms. The molecule has 0 aliphatic rings. The quantitative estimate of drug-likeness (QED) is 0.833. The average molecular weight is 261 g/mol. The molecule has 0 spiro atoms. The Hall–Kier alpha value is -1.55. The summed E-state index contributed by atoms with van der Waals surface area (Å²) in [6.45, 7) is 8.28. The summed E-state index contributed by atoms with van der Waals surface area (Å²) in [4.78, 5) is 4.32. The first-order valence-corrected chi connectivity index (χ1v) is 6.94. The molecular weight excluding hydrogens is 238 g/mol. The van der Waals surface area contributed by atoms with E-state index in [2.05, 4.69) is 28.7 Å². The Kier molecular flexibility index (Phi) is 4.80. The van der Waals surface area contributed by atoms with Gasteiger partial charge in [-0.05, 0) is 32.4 Å². The van der Waals surface area contributed by atoms with Crippen molar-refractivity contribution in [3.05, 3.63) is 41.9 Å². The Balaban J connectivity index is 1.78. The smallest absolute Gasteiger partial charge is 0.105 e. The second kappa shape index (κ2) is 6.57. The van der Waals surface area contributed by atoms with E-state index in [4.69, 9.17) is 4.42 Å². The molecule has 2 aromatic rings. The standard InChI is InChI=1S/C15H23N3O/c1-4-14(10-15-6-5-9-19-15)16-7-8-18-11-17-12(2)13(18)3/h5-6,9,11,14,16H,4,7-8,10H2,1-3H3. The number of nitrogens with one attached hydrogen (secondary N) is 1. The number of imidazole rings is 1. The van der Waals surface area contributed by atoms with Crippen LogP contribution in [0.5, 0.6) is 0 Å². The lowest BCUT2D eigenvalue weighted by Gasteiger charge is -2.16. The summed E-state index contributed by atoms with van der Waals surface area (Å²) in [5, 5.41) is 3.58. The Morgan fingerprint density at radius 1 is 1.42 bits per heavy atom. The number of aromatic nitrogens is 2. The first-order valence-electron chi connectivity index (χ1n) is 6.94. The fourth-order valence-electron chi connectivity index (χ4n) is 2.19. The third-order valence-corrected chi connectivity index (χ3v) is 3.65. The third-order valence-electron chi connectivity index (χ3n) is 3.65. The van der Waals surface area contributed by atoms with E-state index in [-0.39, 0.29) is 0 Å². The van der Waals surface area contributed by atoms with Crippen molar-refractivity contribution in [2.45, 2.75) is 46.2 Å². The highest BCUT2D eigenvalue weighted by atomic mass is 16.3. The van der Waals surface area contributed by atoms with Crippen LogP contribution in [-0.2, 0) is 13.0 Å². The van der Waals surface area contributed by atoms with Gasteiger partial charge in [0, 0.05) is 31.2 Å². The van der Waals surface area contributed by atoms with Crippen LogP contribution in [0.3, 0.4) is 0 Å². The van der Waals surface area contributed by atoms with Crippen LogP contribution in [0.2, 0.25) is 0 Å². The van der Waals surface area contributed by atoms with Crippen molar-refractivity contribution >= 4 is 0 Å². The van der Waals surface area contributed by atoms with Gasteiger partial charge in [-0.25, -0.2) is 4.98 Å². The molecule has 2 heterocycles. The van der Waals surface area contributed by atoms with Crippen molar-refractivity contribution in [1.29, 1.82) is 0 Å². The fourth-order valence-corrected chi connectivity index (χ4v) is 2.19. The van der Waals surface area contributed by atoms with Gasteiger partial charge < -0.3 is 14.3 Å². The molecule has 1 unspecified atom stereocenters. The fraction of sp³-hybridized carbons (Fsp3) is 0.533. The lowest BCUT2D eigenvalue weighted by atomic mass is 10.1. The van der Waals surface area contributed by atoms with Gasteiger partial charge in [0.25, 0.3) is 0 Å². The molecule has 0 saturated heterocycles. The van der Waals surface area contributed by atoms with E-state index in [0.29, 0.717) is 6.04 Å². The maximum Gasteiger partial charge on any atom is 0.105 e. The Morgan fingerprint density at radius 3 is 2.84 bits per heavy atom. The average Bonchev–Trinajstić information content (AvgIpc) is 3.02. The second-order valence-corrected chi connectivity index (χ2v) is 4.95. The number of aryl methyl sites for hydroxylation is 1. The van der Waals surface area contributed by atoms with Gasteiger partial charge in [-0.2, -0.15) is 0 Å². The monoisotopic (exact) mass is 261 g/mol. The second-order valence-electron chi connectivity index (χ2n) is 4.95. The van der Waals surface area contributed by atoms with Crippen molar-refractivity contribution < 1.29 is 4.42 Å². The molecule has 104 valence electrons. The summed E-state index contributed by atoms with van der Waals surface area (Å²) < 4.78 is 7.59. The zero-order chi connectivity index (χ0) is 13.7. The predicted octanol–water partition coefficient (Wildman–Crippen LogP) is 2.70. The highest BCUT2D eigenvalue weighted by Crippen LogP contribution is 2.07. The minimum atomic E-state index is 0.469. The van der Waals surface area contributed by atoms with Gasteiger partial charge in [0.2, 0.25) is 0 Å². The normalized spacial score (nSPS) is 12.8. The van der Waals surface area contributed by atoms with Gasteiger partial charge in [0.15, 0.2) is 0 Å². The Morgan fingerprint density at radius 2 is 2.26 bits per heavy atom. The summed E-state index contributed by atoms with van der Waals surface area (Å²) >= 11 is 0. The third kappa shape index (κ3) is 3.70. The van der Waals surface area contributed by atoms with Crippen LogP contribution in [0.15, 0.2) is 29.1 Å². The van der Waals surface area contributed by atoms with Gasteiger partial charge in [-0.3, -0.25) is 0 Å². The van der Waals surface area contributed by atoms with E-state index in [9.17, 15) is 0 Å². The largest absolute Gasteiger partial charge is 0.469 e. The Bertz CT molecular complexity index is 487. The van der Waals surface area contributed by atoms with Crippen LogP contribution in [0, 0.1) is 13.8 Å². The highest BCUT2D eigenvalue weighted by Gasteiger charge is 2.09. The van der Waals surface area contributed by atoms with Crippen molar-refractivity contribution in [2.75, 3.05) is 6.54 Å². The molecule has 1 atom stereocenters. The predicted molar refractivity (Wildman–Crippen MR) is 76.2 cm³/mol.